The maximum absolute atomic E-state index is 5.89. The topological polar surface area (TPSA) is 48.1 Å². The highest BCUT2D eigenvalue weighted by Gasteiger charge is 2.08. The molecule has 1 heterocycles. The minimum atomic E-state index is 0.463. The molecule has 3 nitrogen and oxygen atoms in total. The van der Waals surface area contributed by atoms with Crippen molar-refractivity contribution in [2.24, 2.45) is 5.73 Å². The molecule has 0 aliphatic carbocycles. The summed E-state index contributed by atoms with van der Waals surface area (Å²) in [5.74, 6) is 1.34. The number of rotatable bonds is 3. The maximum Gasteiger partial charge on any atom is 0.227 e. The quantitative estimate of drug-likeness (QED) is 0.781. The number of nitrogens with two attached hydrogens (primary N) is 1. The first kappa shape index (κ1) is 13.1. The second kappa shape index (κ2) is 5.61. The van der Waals surface area contributed by atoms with Crippen LogP contribution in [0.2, 0.25) is 0 Å². The van der Waals surface area contributed by atoms with Crippen molar-refractivity contribution in [2.45, 2.75) is 6.54 Å². The molecule has 0 atom stereocenters. The highest BCUT2D eigenvalue weighted by molar-refractivity contribution is 9.10. The van der Waals surface area contributed by atoms with E-state index in [9.17, 15) is 0 Å². The molecular formula is C16H13BrN2O. The Morgan fingerprint density at radius 2 is 1.85 bits per heavy atom. The van der Waals surface area contributed by atoms with Crippen molar-refractivity contribution in [3.63, 3.8) is 0 Å². The first-order valence-corrected chi connectivity index (χ1v) is 7.07. The second-order valence-corrected chi connectivity index (χ2v) is 5.31. The van der Waals surface area contributed by atoms with Gasteiger partial charge in [0.2, 0.25) is 5.88 Å². The molecule has 4 heteroatoms. The van der Waals surface area contributed by atoms with Crippen molar-refractivity contribution in [2.75, 3.05) is 0 Å². The molecule has 1 aromatic heterocycles. The van der Waals surface area contributed by atoms with Crippen molar-refractivity contribution in [1.29, 1.82) is 0 Å². The van der Waals surface area contributed by atoms with Gasteiger partial charge in [0.25, 0.3) is 0 Å². The third kappa shape index (κ3) is 2.53. The minimum Gasteiger partial charge on any atom is -0.438 e. The molecule has 0 radical (unpaired) electrons. The molecule has 2 N–H and O–H groups in total. The number of nitrogens with zero attached hydrogens (tertiary/aromatic N) is 1. The fourth-order valence-corrected chi connectivity index (χ4v) is 2.49. The van der Waals surface area contributed by atoms with Gasteiger partial charge in [-0.05, 0) is 35.2 Å². The lowest BCUT2D eigenvalue weighted by molar-refractivity contribution is 0.468. The van der Waals surface area contributed by atoms with Gasteiger partial charge in [0, 0.05) is 22.6 Å². The molecule has 3 rings (SSSR count). The van der Waals surface area contributed by atoms with Gasteiger partial charge in [0.15, 0.2) is 0 Å². The van der Waals surface area contributed by atoms with Crippen LogP contribution >= 0.6 is 15.9 Å². The highest BCUT2D eigenvalue weighted by Crippen LogP contribution is 2.30. The molecule has 0 unspecified atom stereocenters. The van der Waals surface area contributed by atoms with Crippen molar-refractivity contribution in [3.8, 4) is 11.6 Å². The number of halogens is 1. The van der Waals surface area contributed by atoms with Crippen LogP contribution in [0.4, 0.5) is 0 Å². The van der Waals surface area contributed by atoms with E-state index in [-0.39, 0.29) is 0 Å². The summed E-state index contributed by atoms with van der Waals surface area (Å²) in [5, 5.41) is 2.05. The van der Waals surface area contributed by atoms with Crippen LogP contribution < -0.4 is 10.5 Å². The summed E-state index contributed by atoms with van der Waals surface area (Å²) < 4.78 is 6.86. The summed E-state index contributed by atoms with van der Waals surface area (Å²) in [5.41, 5.74) is 6.77. The zero-order valence-corrected chi connectivity index (χ0v) is 12.3. The monoisotopic (exact) mass is 328 g/mol. The lowest BCUT2D eigenvalue weighted by Gasteiger charge is -2.10. The van der Waals surface area contributed by atoms with Crippen molar-refractivity contribution >= 4 is 26.7 Å². The molecule has 2 aromatic carbocycles. The largest absolute Gasteiger partial charge is 0.438 e. The van der Waals surface area contributed by atoms with Gasteiger partial charge in [-0.3, -0.25) is 0 Å². The van der Waals surface area contributed by atoms with E-state index in [1.54, 1.807) is 6.20 Å². The van der Waals surface area contributed by atoms with Crippen LogP contribution in [0.5, 0.6) is 11.6 Å². The molecule has 0 aliphatic heterocycles. The van der Waals surface area contributed by atoms with Crippen molar-refractivity contribution in [3.05, 3.63) is 64.8 Å². The molecule has 0 saturated heterocycles. The van der Waals surface area contributed by atoms with Crippen LogP contribution in [-0.2, 0) is 6.54 Å². The molecule has 20 heavy (non-hydrogen) atoms. The molecule has 0 aliphatic rings. The Bertz CT molecular complexity index is 758. The second-order valence-electron chi connectivity index (χ2n) is 4.40. The average molecular weight is 329 g/mol. The number of ether oxygens (including phenoxy) is 1. The first-order chi connectivity index (χ1) is 9.78. The van der Waals surface area contributed by atoms with Gasteiger partial charge in [-0.15, -0.1) is 0 Å². The van der Waals surface area contributed by atoms with Crippen LogP contribution in [0.1, 0.15) is 5.56 Å². The lowest BCUT2D eigenvalue weighted by Crippen LogP contribution is -1.99. The molecule has 100 valence electrons. The highest BCUT2D eigenvalue weighted by atomic mass is 79.9. The number of aromatic nitrogens is 1. The van der Waals surface area contributed by atoms with E-state index < -0.39 is 0 Å². The predicted molar refractivity (Wildman–Crippen MR) is 83.9 cm³/mol. The summed E-state index contributed by atoms with van der Waals surface area (Å²) in [6, 6.07) is 15.7. The molecule has 0 amide bonds. The smallest absolute Gasteiger partial charge is 0.227 e. The molecule has 0 spiro atoms. The van der Waals surface area contributed by atoms with E-state index in [0.29, 0.717) is 12.4 Å². The number of hydrogen-bond donors (Lipinski definition) is 1. The van der Waals surface area contributed by atoms with Gasteiger partial charge < -0.3 is 10.5 Å². The Morgan fingerprint density at radius 1 is 1.05 bits per heavy atom. The van der Waals surface area contributed by atoms with Crippen molar-refractivity contribution in [1.82, 2.24) is 4.98 Å². The molecule has 3 aromatic rings. The zero-order chi connectivity index (χ0) is 13.9. The Balaban J connectivity index is 2.08. The SMILES string of the molecule is NCc1cnc(Oc2cccc(Br)c2)c2ccccc12. The fourth-order valence-electron chi connectivity index (χ4n) is 2.11. The number of hydrogen-bond acceptors (Lipinski definition) is 3. The molecular weight excluding hydrogens is 316 g/mol. The fraction of sp³-hybridized carbons (Fsp3) is 0.0625. The number of pyridine rings is 1. The van der Waals surface area contributed by atoms with Gasteiger partial charge in [-0.2, -0.15) is 0 Å². The van der Waals surface area contributed by atoms with Gasteiger partial charge in [0.05, 0.1) is 0 Å². The van der Waals surface area contributed by atoms with Crippen LogP contribution in [0.25, 0.3) is 10.8 Å². The van der Waals surface area contributed by atoms with Gasteiger partial charge >= 0.3 is 0 Å². The summed E-state index contributed by atoms with van der Waals surface area (Å²) in [7, 11) is 0. The normalized spacial score (nSPS) is 10.7. The van der Waals surface area contributed by atoms with Gasteiger partial charge in [-0.25, -0.2) is 4.98 Å². The van der Waals surface area contributed by atoms with E-state index in [2.05, 4.69) is 20.9 Å². The van der Waals surface area contributed by atoms with E-state index in [4.69, 9.17) is 10.5 Å². The van der Waals surface area contributed by atoms with Crippen LogP contribution in [-0.4, -0.2) is 4.98 Å². The Labute approximate surface area is 125 Å². The molecule has 0 bridgehead atoms. The summed E-state index contributed by atoms with van der Waals surface area (Å²) in [6.45, 7) is 0.463. The summed E-state index contributed by atoms with van der Waals surface area (Å²) in [4.78, 5) is 4.39. The van der Waals surface area contributed by atoms with Crippen molar-refractivity contribution < 1.29 is 4.74 Å². The van der Waals surface area contributed by atoms with Gasteiger partial charge in [0.1, 0.15) is 5.75 Å². The van der Waals surface area contributed by atoms with Crippen LogP contribution in [0.3, 0.4) is 0 Å². The standard InChI is InChI=1S/C16H13BrN2O/c17-12-4-3-5-13(8-12)20-16-15-7-2-1-6-14(15)11(9-18)10-19-16/h1-8,10H,9,18H2. The average Bonchev–Trinajstić information content (AvgIpc) is 2.48. The van der Waals surface area contributed by atoms with Crippen LogP contribution in [0.15, 0.2) is 59.2 Å². The van der Waals surface area contributed by atoms with E-state index in [0.717, 1.165) is 26.6 Å². The zero-order valence-electron chi connectivity index (χ0n) is 10.7. The molecule has 0 fully saturated rings. The maximum atomic E-state index is 5.89. The van der Waals surface area contributed by atoms with Gasteiger partial charge in [-0.1, -0.05) is 40.2 Å². The Hall–Kier alpha value is -1.91. The minimum absolute atomic E-state index is 0.463. The van der Waals surface area contributed by atoms with E-state index in [1.807, 2.05) is 48.5 Å². The van der Waals surface area contributed by atoms with E-state index in [1.165, 1.54) is 0 Å². The number of benzene rings is 2. The van der Waals surface area contributed by atoms with Crippen LogP contribution in [0, 0.1) is 0 Å². The Kier molecular flexibility index (Phi) is 3.67. The third-order valence-corrected chi connectivity index (χ3v) is 3.56. The number of fused-ring (bicyclic) bond motifs is 1. The van der Waals surface area contributed by atoms with E-state index >= 15 is 0 Å². The summed E-state index contributed by atoms with van der Waals surface area (Å²) >= 11 is 3.43. The predicted octanol–water partition coefficient (Wildman–Crippen LogP) is 4.25. The Morgan fingerprint density at radius 3 is 2.60 bits per heavy atom. The third-order valence-electron chi connectivity index (χ3n) is 3.07. The lowest BCUT2D eigenvalue weighted by atomic mass is 10.1. The molecule has 0 saturated carbocycles. The first-order valence-electron chi connectivity index (χ1n) is 6.28. The summed E-state index contributed by atoms with van der Waals surface area (Å²) in [6.07, 6.45) is 1.77.